The van der Waals surface area contributed by atoms with Crippen molar-refractivity contribution in [3.63, 3.8) is 0 Å². The second-order valence-corrected chi connectivity index (χ2v) is 5.45. The molecule has 0 unspecified atom stereocenters. The van der Waals surface area contributed by atoms with Crippen LogP contribution >= 0.6 is 12.2 Å². The number of thiocarbonyl (C=S) groups is 1. The van der Waals surface area contributed by atoms with E-state index in [-0.39, 0.29) is 5.43 Å². The Morgan fingerprint density at radius 1 is 1.27 bits per heavy atom. The number of hydrogen-bond donors (Lipinski definition) is 1. The van der Waals surface area contributed by atoms with Gasteiger partial charge >= 0.3 is 0 Å². The van der Waals surface area contributed by atoms with Crippen molar-refractivity contribution in [2.75, 3.05) is 13.1 Å². The lowest BCUT2D eigenvalue weighted by molar-refractivity contribution is 0.475. The molecule has 0 saturated heterocycles. The standard InChI is InChI=1S/C17H17N3OS/c1-3-20(4-2)17(22)12-10-13-14(21)7-9-19-16(13)15-11(12)6-5-8-18-15/h5-10H,3-4H2,1-2H3,(H,19,21). The van der Waals surface area contributed by atoms with Gasteiger partial charge in [0.25, 0.3) is 0 Å². The van der Waals surface area contributed by atoms with Gasteiger partial charge in [-0.1, -0.05) is 18.3 Å². The molecule has 2 aromatic heterocycles. The molecule has 0 aliphatic carbocycles. The van der Waals surface area contributed by atoms with Gasteiger partial charge in [0.05, 0.1) is 11.0 Å². The van der Waals surface area contributed by atoms with Crippen LogP contribution in [0.4, 0.5) is 0 Å². The van der Waals surface area contributed by atoms with E-state index >= 15 is 0 Å². The lowest BCUT2D eigenvalue weighted by atomic mass is 10.0. The summed E-state index contributed by atoms with van der Waals surface area (Å²) in [7, 11) is 0. The molecule has 2 heterocycles. The zero-order valence-corrected chi connectivity index (χ0v) is 13.4. The van der Waals surface area contributed by atoms with Crippen LogP contribution in [-0.4, -0.2) is 32.9 Å². The van der Waals surface area contributed by atoms with Crippen LogP contribution in [0.3, 0.4) is 0 Å². The van der Waals surface area contributed by atoms with Crippen LogP contribution in [0, 0.1) is 0 Å². The van der Waals surface area contributed by atoms with E-state index in [1.54, 1.807) is 12.4 Å². The molecule has 112 valence electrons. The van der Waals surface area contributed by atoms with E-state index in [4.69, 9.17) is 12.2 Å². The average molecular weight is 311 g/mol. The zero-order valence-electron chi connectivity index (χ0n) is 12.6. The second kappa shape index (κ2) is 5.85. The summed E-state index contributed by atoms with van der Waals surface area (Å²) in [6, 6.07) is 7.31. The van der Waals surface area contributed by atoms with Crippen molar-refractivity contribution >= 4 is 39.0 Å². The number of nitrogens with one attached hydrogen (secondary N) is 1. The summed E-state index contributed by atoms with van der Waals surface area (Å²) in [6.45, 7) is 5.81. The largest absolute Gasteiger partial charge is 0.363 e. The van der Waals surface area contributed by atoms with E-state index in [0.29, 0.717) is 5.39 Å². The Bertz CT molecular complexity index is 913. The molecule has 0 radical (unpaired) electrons. The van der Waals surface area contributed by atoms with Gasteiger partial charge in [-0.15, -0.1) is 0 Å². The number of hydrogen-bond acceptors (Lipinski definition) is 3. The first-order valence-electron chi connectivity index (χ1n) is 7.35. The molecule has 22 heavy (non-hydrogen) atoms. The summed E-state index contributed by atoms with van der Waals surface area (Å²) in [5, 5.41) is 1.59. The molecule has 0 fully saturated rings. The van der Waals surface area contributed by atoms with E-state index in [0.717, 1.165) is 40.1 Å². The SMILES string of the molecule is CCN(CC)C(=S)c1cc2c(=O)cc[nH]c2c2ncccc12. The van der Waals surface area contributed by atoms with Crippen LogP contribution in [0.15, 0.2) is 41.5 Å². The summed E-state index contributed by atoms with van der Waals surface area (Å²) in [6.07, 6.45) is 3.39. The Morgan fingerprint density at radius 2 is 2.05 bits per heavy atom. The first-order chi connectivity index (χ1) is 10.7. The number of aromatic nitrogens is 2. The summed E-state index contributed by atoms with van der Waals surface area (Å²) >= 11 is 5.66. The third-order valence-electron chi connectivity index (χ3n) is 3.90. The highest BCUT2D eigenvalue weighted by atomic mass is 32.1. The van der Waals surface area contributed by atoms with E-state index in [1.165, 1.54) is 6.07 Å². The summed E-state index contributed by atoms with van der Waals surface area (Å²) in [5.41, 5.74) is 2.41. The van der Waals surface area contributed by atoms with Crippen LogP contribution in [0.5, 0.6) is 0 Å². The lowest BCUT2D eigenvalue weighted by Gasteiger charge is -2.23. The number of fused-ring (bicyclic) bond motifs is 3. The van der Waals surface area contributed by atoms with Gasteiger partial charge in [0, 0.05) is 47.9 Å². The number of H-pyrrole nitrogens is 1. The molecule has 3 rings (SSSR count). The minimum Gasteiger partial charge on any atom is -0.363 e. The quantitative estimate of drug-likeness (QED) is 0.596. The number of rotatable bonds is 3. The fourth-order valence-electron chi connectivity index (χ4n) is 2.73. The summed E-state index contributed by atoms with van der Waals surface area (Å²) < 4.78 is 0. The van der Waals surface area contributed by atoms with Crippen molar-refractivity contribution in [2.45, 2.75) is 13.8 Å². The fourth-order valence-corrected chi connectivity index (χ4v) is 3.16. The topological polar surface area (TPSA) is 49.0 Å². The Kier molecular flexibility index (Phi) is 3.90. The Morgan fingerprint density at radius 3 is 2.77 bits per heavy atom. The Balaban J connectivity index is 2.40. The first-order valence-corrected chi connectivity index (χ1v) is 7.76. The van der Waals surface area contributed by atoms with Gasteiger partial charge in [-0.25, -0.2) is 0 Å². The molecule has 1 N–H and O–H groups in total. The maximum absolute atomic E-state index is 12.2. The number of pyridine rings is 2. The van der Waals surface area contributed by atoms with Crippen LogP contribution in [-0.2, 0) is 0 Å². The molecule has 0 aliphatic heterocycles. The molecule has 3 aromatic rings. The van der Waals surface area contributed by atoms with Gasteiger partial charge in [0.15, 0.2) is 5.43 Å². The van der Waals surface area contributed by atoms with E-state index in [9.17, 15) is 4.79 Å². The molecule has 0 bridgehead atoms. The van der Waals surface area contributed by atoms with Gasteiger partial charge in [-0.3, -0.25) is 9.78 Å². The minimum absolute atomic E-state index is 0.0232. The fraction of sp³-hybridized carbons (Fsp3) is 0.235. The van der Waals surface area contributed by atoms with Crippen LogP contribution in [0.25, 0.3) is 21.8 Å². The van der Waals surface area contributed by atoms with Crippen LogP contribution in [0.1, 0.15) is 19.4 Å². The Labute approximate surface area is 133 Å². The molecule has 5 heteroatoms. The van der Waals surface area contributed by atoms with Gasteiger partial charge in [0.2, 0.25) is 0 Å². The smallest absolute Gasteiger partial charge is 0.189 e. The Hall–Kier alpha value is -2.27. The van der Waals surface area contributed by atoms with E-state index < -0.39 is 0 Å². The maximum atomic E-state index is 12.2. The predicted molar refractivity (Wildman–Crippen MR) is 94.5 cm³/mol. The third-order valence-corrected chi connectivity index (χ3v) is 4.38. The van der Waals surface area contributed by atoms with Gasteiger partial charge in [0.1, 0.15) is 4.99 Å². The molecular formula is C17H17N3OS. The van der Waals surface area contributed by atoms with Crippen molar-refractivity contribution in [1.82, 2.24) is 14.9 Å². The molecular weight excluding hydrogens is 294 g/mol. The van der Waals surface area contributed by atoms with Crippen molar-refractivity contribution < 1.29 is 0 Å². The van der Waals surface area contributed by atoms with Gasteiger partial charge in [-0.2, -0.15) is 0 Å². The number of aromatic amines is 1. The highest BCUT2D eigenvalue weighted by Crippen LogP contribution is 2.25. The average Bonchev–Trinajstić information content (AvgIpc) is 2.55. The van der Waals surface area contributed by atoms with Crippen molar-refractivity contribution in [2.24, 2.45) is 0 Å². The zero-order chi connectivity index (χ0) is 15.7. The monoisotopic (exact) mass is 311 g/mol. The van der Waals surface area contributed by atoms with E-state index in [1.807, 2.05) is 18.2 Å². The van der Waals surface area contributed by atoms with Crippen LogP contribution in [0.2, 0.25) is 0 Å². The molecule has 1 aromatic carbocycles. The van der Waals surface area contributed by atoms with Crippen LogP contribution < -0.4 is 5.43 Å². The predicted octanol–water partition coefficient (Wildman–Crippen LogP) is 3.09. The summed E-state index contributed by atoms with van der Waals surface area (Å²) in [5.74, 6) is 0. The van der Waals surface area contributed by atoms with Crippen molar-refractivity contribution in [1.29, 1.82) is 0 Å². The highest BCUT2D eigenvalue weighted by Gasteiger charge is 2.15. The van der Waals surface area contributed by atoms with Crippen molar-refractivity contribution in [3.8, 4) is 0 Å². The molecule has 4 nitrogen and oxygen atoms in total. The summed E-state index contributed by atoms with van der Waals surface area (Å²) in [4.78, 5) is 22.7. The van der Waals surface area contributed by atoms with Gasteiger partial charge < -0.3 is 9.88 Å². The molecule has 0 spiro atoms. The number of nitrogens with zero attached hydrogens (tertiary/aromatic N) is 2. The molecule has 0 saturated carbocycles. The molecule has 0 aliphatic rings. The molecule has 0 amide bonds. The second-order valence-electron chi connectivity index (χ2n) is 5.07. The van der Waals surface area contributed by atoms with Gasteiger partial charge in [-0.05, 0) is 26.0 Å². The third kappa shape index (κ3) is 2.27. The highest BCUT2D eigenvalue weighted by molar-refractivity contribution is 7.80. The van der Waals surface area contributed by atoms with E-state index in [2.05, 4.69) is 28.7 Å². The number of benzene rings is 1. The first kappa shape index (κ1) is 14.7. The molecule has 0 atom stereocenters. The minimum atomic E-state index is -0.0232. The van der Waals surface area contributed by atoms with Crippen molar-refractivity contribution in [3.05, 3.63) is 52.4 Å². The maximum Gasteiger partial charge on any atom is 0.189 e. The lowest BCUT2D eigenvalue weighted by Crippen LogP contribution is -2.30. The normalized spacial score (nSPS) is 11.0.